The van der Waals surface area contributed by atoms with Crippen LogP contribution in [0, 0.1) is 11.8 Å². The zero-order chi connectivity index (χ0) is 21.1. The van der Waals surface area contributed by atoms with Gasteiger partial charge in [0.25, 0.3) is 5.91 Å². The van der Waals surface area contributed by atoms with Gasteiger partial charge in [0.05, 0.1) is 19.3 Å². The molecule has 0 heterocycles. The van der Waals surface area contributed by atoms with Crippen LogP contribution in [0.15, 0.2) is 18.2 Å². The van der Waals surface area contributed by atoms with Crippen LogP contribution in [-0.2, 0) is 9.53 Å². The van der Waals surface area contributed by atoms with Gasteiger partial charge in [0, 0.05) is 6.54 Å². The van der Waals surface area contributed by atoms with E-state index in [-0.39, 0.29) is 11.5 Å². The first-order valence-corrected chi connectivity index (χ1v) is 9.28. The van der Waals surface area contributed by atoms with E-state index < -0.39 is 24.5 Å². The third-order valence-corrected chi connectivity index (χ3v) is 3.61. The number of carbonyl (C=O) groups excluding carboxylic acids is 3. The maximum absolute atomic E-state index is 12.1. The fourth-order valence-corrected chi connectivity index (χ4v) is 2.04. The van der Waals surface area contributed by atoms with E-state index in [4.69, 9.17) is 14.2 Å². The molecule has 1 aromatic carbocycles. The van der Waals surface area contributed by atoms with E-state index in [1.165, 1.54) is 19.2 Å². The van der Waals surface area contributed by atoms with Gasteiger partial charge in [0.2, 0.25) is 0 Å². The summed E-state index contributed by atoms with van der Waals surface area (Å²) in [4.78, 5) is 35.3. The van der Waals surface area contributed by atoms with Crippen LogP contribution in [0.4, 0.5) is 4.79 Å². The first-order valence-electron chi connectivity index (χ1n) is 9.28. The number of nitrogens with one attached hydrogen (secondary N) is 2. The molecule has 0 fully saturated rings. The Morgan fingerprint density at radius 3 is 2.36 bits per heavy atom. The predicted octanol–water partition coefficient (Wildman–Crippen LogP) is 2.76. The molecule has 0 saturated heterocycles. The van der Waals surface area contributed by atoms with Gasteiger partial charge in [-0.15, -0.1) is 0 Å². The Labute approximate surface area is 165 Å². The summed E-state index contributed by atoms with van der Waals surface area (Å²) < 4.78 is 15.9. The van der Waals surface area contributed by atoms with Gasteiger partial charge < -0.3 is 19.5 Å². The monoisotopic (exact) mass is 394 g/mol. The van der Waals surface area contributed by atoms with E-state index in [0.717, 1.165) is 6.42 Å². The van der Waals surface area contributed by atoms with Gasteiger partial charge in [-0.3, -0.25) is 10.1 Å². The molecule has 3 amide bonds. The highest BCUT2D eigenvalue weighted by atomic mass is 16.5. The van der Waals surface area contributed by atoms with Crippen LogP contribution in [0.3, 0.4) is 0 Å². The fraction of sp³-hybridized carbons (Fsp3) is 0.550. The lowest BCUT2D eigenvalue weighted by molar-refractivity contribution is -0.123. The van der Waals surface area contributed by atoms with E-state index in [1.807, 2.05) is 13.8 Å². The van der Waals surface area contributed by atoms with Crippen LogP contribution >= 0.6 is 0 Å². The second kappa shape index (κ2) is 11.8. The average molecular weight is 394 g/mol. The lowest BCUT2D eigenvalue weighted by atomic mass is 10.1. The molecule has 2 N–H and O–H groups in total. The number of esters is 1. The first-order chi connectivity index (χ1) is 13.2. The van der Waals surface area contributed by atoms with Gasteiger partial charge in [-0.2, -0.15) is 0 Å². The number of methoxy groups -OCH3 is 1. The Balaban J connectivity index is 2.55. The molecule has 8 nitrogen and oxygen atoms in total. The maximum Gasteiger partial charge on any atom is 0.338 e. The summed E-state index contributed by atoms with van der Waals surface area (Å²) in [6.07, 6.45) is 0.896. The van der Waals surface area contributed by atoms with Crippen molar-refractivity contribution in [2.24, 2.45) is 11.8 Å². The standard InChI is InChI=1S/C20H30N2O6/c1-13(2)8-9-27-16-7-6-15(10-17(16)26-5)19(24)28-12-18(23)22-20(25)21-11-14(3)4/h6-7,10,13-14H,8-9,11-12H2,1-5H3,(H2,21,22,23,25). The molecule has 0 spiro atoms. The maximum atomic E-state index is 12.1. The minimum Gasteiger partial charge on any atom is -0.493 e. The molecule has 0 aromatic heterocycles. The van der Waals surface area contributed by atoms with E-state index in [1.54, 1.807) is 6.07 Å². The molecule has 1 aromatic rings. The van der Waals surface area contributed by atoms with E-state index >= 15 is 0 Å². The Bertz CT molecular complexity index is 673. The molecule has 28 heavy (non-hydrogen) atoms. The molecule has 0 bridgehead atoms. The van der Waals surface area contributed by atoms with Gasteiger partial charge in [0.15, 0.2) is 18.1 Å². The number of hydrogen-bond acceptors (Lipinski definition) is 6. The number of amides is 3. The van der Waals surface area contributed by atoms with Crippen molar-refractivity contribution in [3.8, 4) is 11.5 Å². The van der Waals surface area contributed by atoms with Crippen molar-refractivity contribution in [2.75, 3.05) is 26.9 Å². The van der Waals surface area contributed by atoms with Crippen molar-refractivity contribution in [2.45, 2.75) is 34.1 Å². The van der Waals surface area contributed by atoms with Crippen molar-refractivity contribution >= 4 is 17.9 Å². The quantitative estimate of drug-likeness (QED) is 0.592. The Kier molecular flexibility index (Phi) is 9.84. The van der Waals surface area contributed by atoms with Crippen LogP contribution in [0.5, 0.6) is 11.5 Å². The molecule has 0 aliphatic carbocycles. The molecule has 0 aliphatic rings. The summed E-state index contributed by atoms with van der Waals surface area (Å²) in [5.74, 6) is 0.278. The third-order valence-electron chi connectivity index (χ3n) is 3.61. The van der Waals surface area contributed by atoms with Crippen LogP contribution in [0.2, 0.25) is 0 Å². The Morgan fingerprint density at radius 1 is 1.04 bits per heavy atom. The summed E-state index contributed by atoms with van der Waals surface area (Å²) >= 11 is 0. The van der Waals surface area contributed by atoms with E-state index in [0.29, 0.717) is 30.6 Å². The zero-order valence-corrected chi connectivity index (χ0v) is 17.2. The Morgan fingerprint density at radius 2 is 1.75 bits per heavy atom. The van der Waals surface area contributed by atoms with Crippen molar-refractivity contribution in [3.05, 3.63) is 23.8 Å². The van der Waals surface area contributed by atoms with Gasteiger partial charge in [-0.25, -0.2) is 9.59 Å². The van der Waals surface area contributed by atoms with Crippen LogP contribution in [-0.4, -0.2) is 44.8 Å². The van der Waals surface area contributed by atoms with Crippen LogP contribution < -0.4 is 20.1 Å². The summed E-state index contributed by atoms with van der Waals surface area (Å²) in [5, 5.41) is 4.63. The molecular weight excluding hydrogens is 364 g/mol. The molecule has 0 unspecified atom stereocenters. The molecule has 156 valence electrons. The second-order valence-electron chi connectivity index (χ2n) is 7.12. The molecule has 0 saturated carbocycles. The topological polar surface area (TPSA) is 103 Å². The molecule has 0 aliphatic heterocycles. The number of hydrogen-bond donors (Lipinski definition) is 2. The van der Waals surface area contributed by atoms with Gasteiger partial charge in [-0.05, 0) is 36.5 Å². The second-order valence-corrected chi connectivity index (χ2v) is 7.12. The number of rotatable bonds is 10. The smallest absolute Gasteiger partial charge is 0.338 e. The predicted molar refractivity (Wildman–Crippen MR) is 105 cm³/mol. The highest BCUT2D eigenvalue weighted by Gasteiger charge is 2.15. The van der Waals surface area contributed by atoms with Gasteiger partial charge in [0.1, 0.15) is 0 Å². The number of benzene rings is 1. The minimum absolute atomic E-state index is 0.213. The van der Waals surface area contributed by atoms with Crippen molar-refractivity contribution in [1.82, 2.24) is 10.6 Å². The lowest BCUT2D eigenvalue weighted by Crippen LogP contribution is -2.42. The SMILES string of the molecule is COc1cc(C(=O)OCC(=O)NC(=O)NCC(C)C)ccc1OCCC(C)C. The van der Waals surface area contributed by atoms with E-state index in [2.05, 4.69) is 24.5 Å². The first kappa shape index (κ1) is 23.3. The van der Waals surface area contributed by atoms with Crippen LogP contribution in [0.25, 0.3) is 0 Å². The van der Waals surface area contributed by atoms with Crippen molar-refractivity contribution in [3.63, 3.8) is 0 Å². The summed E-state index contributed by atoms with van der Waals surface area (Å²) in [7, 11) is 1.48. The van der Waals surface area contributed by atoms with Crippen LogP contribution in [0.1, 0.15) is 44.5 Å². The third kappa shape index (κ3) is 8.75. The molecule has 0 atom stereocenters. The Hall–Kier alpha value is -2.77. The average Bonchev–Trinajstić information content (AvgIpc) is 2.64. The van der Waals surface area contributed by atoms with Crippen molar-refractivity contribution in [1.29, 1.82) is 0 Å². The lowest BCUT2D eigenvalue weighted by Gasteiger charge is -2.13. The fourth-order valence-electron chi connectivity index (χ4n) is 2.04. The summed E-state index contributed by atoms with van der Waals surface area (Å²) in [6.45, 7) is 8.47. The minimum atomic E-state index is -0.713. The largest absolute Gasteiger partial charge is 0.493 e. The van der Waals surface area contributed by atoms with Gasteiger partial charge >= 0.3 is 12.0 Å². The van der Waals surface area contributed by atoms with Gasteiger partial charge in [-0.1, -0.05) is 27.7 Å². The zero-order valence-electron chi connectivity index (χ0n) is 17.2. The normalized spacial score (nSPS) is 10.5. The highest BCUT2D eigenvalue weighted by molar-refractivity contribution is 5.97. The molecule has 1 rings (SSSR count). The summed E-state index contributed by atoms with van der Waals surface area (Å²) in [6, 6.07) is 4.01. The molecule has 8 heteroatoms. The number of imide groups is 1. The molecular formula is C20H30N2O6. The van der Waals surface area contributed by atoms with E-state index in [9.17, 15) is 14.4 Å². The molecule has 0 radical (unpaired) electrons. The van der Waals surface area contributed by atoms with Crippen molar-refractivity contribution < 1.29 is 28.6 Å². The highest BCUT2D eigenvalue weighted by Crippen LogP contribution is 2.28. The number of carbonyl (C=O) groups is 3. The number of ether oxygens (including phenoxy) is 3. The summed E-state index contributed by atoms with van der Waals surface area (Å²) in [5.41, 5.74) is 0.213. The number of urea groups is 1.